The second-order valence-electron chi connectivity index (χ2n) is 6.18. The van der Waals surface area contributed by atoms with E-state index in [2.05, 4.69) is 10.1 Å². The molecule has 32 heavy (non-hydrogen) atoms. The summed E-state index contributed by atoms with van der Waals surface area (Å²) >= 11 is 0. The second kappa shape index (κ2) is 8.09. The van der Waals surface area contributed by atoms with E-state index in [4.69, 9.17) is 13.7 Å². The number of hydrogen-bond acceptors (Lipinski definition) is 7. The monoisotopic (exact) mass is 453 g/mol. The van der Waals surface area contributed by atoms with Gasteiger partial charge in [0.1, 0.15) is 12.4 Å². The van der Waals surface area contributed by atoms with Crippen LogP contribution in [0.15, 0.2) is 45.3 Å². The van der Waals surface area contributed by atoms with Crippen LogP contribution < -0.4 is 4.74 Å². The molecule has 0 aliphatic heterocycles. The van der Waals surface area contributed by atoms with Gasteiger partial charge in [0.15, 0.2) is 11.5 Å². The molecular formula is C19H8F5N3O5. The molecule has 0 unspecified atom stereocenters. The minimum absolute atomic E-state index is 0.0293. The maximum absolute atomic E-state index is 13.7. The van der Waals surface area contributed by atoms with Crippen molar-refractivity contribution >= 4 is 5.69 Å². The highest BCUT2D eigenvalue weighted by atomic mass is 19.2. The van der Waals surface area contributed by atoms with Gasteiger partial charge in [0.2, 0.25) is 34.9 Å². The van der Waals surface area contributed by atoms with Crippen LogP contribution in [0.25, 0.3) is 23.0 Å². The lowest BCUT2D eigenvalue weighted by molar-refractivity contribution is -0.384. The standard InChI is InChI=1S/C19H8F5N3O5/c20-12-13(21)15(23)17(16(24)14(12)22)30-7-10-5-6-11(31-10)19-25-18(26-32-19)8-1-3-9(4-2-8)27(28)29/h1-6H,7H2. The van der Waals surface area contributed by atoms with Crippen LogP contribution >= 0.6 is 0 Å². The van der Waals surface area contributed by atoms with Gasteiger partial charge >= 0.3 is 0 Å². The molecule has 0 saturated heterocycles. The van der Waals surface area contributed by atoms with E-state index in [0.29, 0.717) is 5.56 Å². The summed E-state index contributed by atoms with van der Waals surface area (Å²) in [4.78, 5) is 14.2. The SMILES string of the molecule is O=[N+]([O-])c1ccc(-c2noc(-c3ccc(COc4c(F)c(F)c(F)c(F)c4F)o3)n2)cc1. The third-order valence-electron chi connectivity index (χ3n) is 4.16. The highest BCUT2D eigenvalue weighted by Gasteiger charge is 2.27. The van der Waals surface area contributed by atoms with Crippen LogP contribution in [0.3, 0.4) is 0 Å². The van der Waals surface area contributed by atoms with Crippen molar-refractivity contribution in [3.05, 3.63) is 81.4 Å². The molecule has 0 amide bonds. The quantitative estimate of drug-likeness (QED) is 0.130. The number of nitrogens with zero attached hydrogens (tertiary/aromatic N) is 3. The number of aromatic nitrogens is 2. The van der Waals surface area contributed by atoms with Crippen LogP contribution in [0, 0.1) is 39.2 Å². The summed E-state index contributed by atoms with van der Waals surface area (Å²) in [5, 5.41) is 14.4. The maximum atomic E-state index is 13.7. The molecular weight excluding hydrogens is 445 g/mol. The molecule has 0 bridgehead atoms. The summed E-state index contributed by atoms with van der Waals surface area (Å²) in [5.41, 5.74) is 0.300. The molecule has 2 heterocycles. The summed E-state index contributed by atoms with van der Waals surface area (Å²) in [6, 6.07) is 8.00. The summed E-state index contributed by atoms with van der Waals surface area (Å²) in [5.74, 6) is -12.2. The van der Waals surface area contributed by atoms with E-state index < -0.39 is 46.4 Å². The van der Waals surface area contributed by atoms with Crippen molar-refractivity contribution in [3.8, 4) is 28.8 Å². The van der Waals surface area contributed by atoms with Crippen molar-refractivity contribution in [1.82, 2.24) is 10.1 Å². The van der Waals surface area contributed by atoms with Crippen molar-refractivity contribution in [2.75, 3.05) is 0 Å². The van der Waals surface area contributed by atoms with Crippen molar-refractivity contribution < 1.29 is 40.6 Å². The van der Waals surface area contributed by atoms with Crippen LogP contribution in [0.5, 0.6) is 5.75 Å². The van der Waals surface area contributed by atoms with Gasteiger partial charge in [-0.25, -0.2) is 13.2 Å². The Bertz CT molecular complexity index is 1290. The van der Waals surface area contributed by atoms with E-state index in [1.54, 1.807) is 0 Å². The van der Waals surface area contributed by atoms with Crippen LogP contribution in [0.2, 0.25) is 0 Å². The van der Waals surface area contributed by atoms with Crippen LogP contribution in [0.4, 0.5) is 27.6 Å². The molecule has 0 atom stereocenters. The Labute approximate surface area is 174 Å². The molecule has 0 radical (unpaired) electrons. The zero-order valence-electron chi connectivity index (χ0n) is 15.4. The number of furan rings is 1. The molecule has 4 aromatic rings. The summed E-state index contributed by atoms with van der Waals surface area (Å²) < 4.78 is 82.0. The molecule has 0 aliphatic rings. The van der Waals surface area contributed by atoms with Gasteiger partial charge in [-0.15, -0.1) is 0 Å². The highest BCUT2D eigenvalue weighted by molar-refractivity contribution is 5.59. The normalized spacial score (nSPS) is 11.0. The van der Waals surface area contributed by atoms with Gasteiger partial charge in [-0.2, -0.15) is 13.8 Å². The Morgan fingerprint density at radius 3 is 2.16 bits per heavy atom. The predicted molar refractivity (Wildman–Crippen MR) is 94.7 cm³/mol. The first-order valence-electron chi connectivity index (χ1n) is 8.58. The number of halogens is 5. The molecule has 0 N–H and O–H groups in total. The minimum Gasteiger partial charge on any atom is -0.479 e. The average Bonchev–Trinajstić information content (AvgIpc) is 3.46. The third kappa shape index (κ3) is 3.75. The lowest BCUT2D eigenvalue weighted by Gasteiger charge is -2.08. The van der Waals surface area contributed by atoms with Gasteiger partial charge < -0.3 is 13.7 Å². The maximum Gasteiger partial charge on any atom is 0.293 e. The summed E-state index contributed by atoms with van der Waals surface area (Å²) in [6.45, 7) is -0.665. The second-order valence-corrected chi connectivity index (χ2v) is 6.18. The van der Waals surface area contributed by atoms with E-state index in [-0.39, 0.29) is 28.9 Å². The molecule has 0 aliphatic carbocycles. The molecule has 0 spiro atoms. The molecule has 8 nitrogen and oxygen atoms in total. The van der Waals surface area contributed by atoms with Crippen molar-refractivity contribution in [2.45, 2.75) is 6.61 Å². The molecule has 4 rings (SSSR count). The topological polar surface area (TPSA) is 104 Å². The number of rotatable bonds is 6. The van der Waals surface area contributed by atoms with Gasteiger partial charge in [0.05, 0.1) is 4.92 Å². The minimum atomic E-state index is -2.30. The van der Waals surface area contributed by atoms with E-state index in [1.165, 1.54) is 36.4 Å². The van der Waals surface area contributed by atoms with Gasteiger partial charge in [-0.3, -0.25) is 10.1 Å². The molecule has 0 fully saturated rings. The highest BCUT2D eigenvalue weighted by Crippen LogP contribution is 2.30. The molecule has 13 heteroatoms. The van der Waals surface area contributed by atoms with Crippen LogP contribution in [0.1, 0.15) is 5.76 Å². The average molecular weight is 453 g/mol. The number of nitro benzene ring substituents is 1. The first-order valence-corrected chi connectivity index (χ1v) is 8.58. The lowest BCUT2D eigenvalue weighted by atomic mass is 10.2. The van der Waals surface area contributed by atoms with Gasteiger partial charge in [0, 0.05) is 17.7 Å². The number of hydrogen-bond donors (Lipinski definition) is 0. The number of non-ortho nitro benzene ring substituents is 1. The smallest absolute Gasteiger partial charge is 0.293 e. The third-order valence-corrected chi connectivity index (χ3v) is 4.16. The zero-order valence-corrected chi connectivity index (χ0v) is 15.4. The predicted octanol–water partition coefficient (Wildman–Crippen LogP) is 5.18. The van der Waals surface area contributed by atoms with E-state index >= 15 is 0 Å². The van der Waals surface area contributed by atoms with E-state index in [9.17, 15) is 32.1 Å². The van der Waals surface area contributed by atoms with Crippen molar-refractivity contribution in [1.29, 1.82) is 0 Å². The Kier molecular flexibility index (Phi) is 5.30. The summed E-state index contributed by atoms with van der Waals surface area (Å²) in [6.07, 6.45) is 0. The molecule has 164 valence electrons. The van der Waals surface area contributed by atoms with Gasteiger partial charge in [-0.1, -0.05) is 5.16 Å². The number of nitro groups is 1. The fourth-order valence-electron chi connectivity index (χ4n) is 2.60. The zero-order chi connectivity index (χ0) is 23.0. The Hall–Kier alpha value is -4.29. The number of benzene rings is 2. The van der Waals surface area contributed by atoms with E-state index in [0.717, 1.165) is 0 Å². The fourth-order valence-corrected chi connectivity index (χ4v) is 2.60. The molecule has 2 aromatic heterocycles. The van der Waals surface area contributed by atoms with Gasteiger partial charge in [0.25, 0.3) is 11.6 Å². The van der Waals surface area contributed by atoms with Gasteiger partial charge in [-0.05, 0) is 24.3 Å². The van der Waals surface area contributed by atoms with Crippen molar-refractivity contribution in [2.24, 2.45) is 0 Å². The fraction of sp³-hybridized carbons (Fsp3) is 0.0526. The Morgan fingerprint density at radius 2 is 1.53 bits per heavy atom. The van der Waals surface area contributed by atoms with Crippen LogP contribution in [-0.2, 0) is 6.61 Å². The first-order chi connectivity index (χ1) is 15.3. The molecule has 2 aromatic carbocycles. The first kappa shape index (κ1) is 21.0. The summed E-state index contributed by atoms with van der Waals surface area (Å²) in [7, 11) is 0. The van der Waals surface area contributed by atoms with Crippen molar-refractivity contribution in [3.63, 3.8) is 0 Å². The Balaban J connectivity index is 1.50. The molecule has 0 saturated carbocycles. The van der Waals surface area contributed by atoms with Crippen LogP contribution in [-0.4, -0.2) is 15.1 Å². The Morgan fingerprint density at radius 1 is 0.906 bits per heavy atom. The van der Waals surface area contributed by atoms with E-state index in [1.807, 2.05) is 0 Å². The largest absolute Gasteiger partial charge is 0.479 e. The number of ether oxygens (including phenoxy) is 1. The lowest BCUT2D eigenvalue weighted by Crippen LogP contribution is -2.06.